The van der Waals surface area contributed by atoms with Crippen molar-refractivity contribution >= 4 is 27.9 Å². The highest BCUT2D eigenvalue weighted by Crippen LogP contribution is 2.50. The van der Waals surface area contributed by atoms with E-state index in [-0.39, 0.29) is 11.0 Å². The number of aromatic nitrogens is 2. The molecule has 0 saturated carbocycles. The van der Waals surface area contributed by atoms with Crippen LogP contribution in [0.15, 0.2) is 47.4 Å². The van der Waals surface area contributed by atoms with Gasteiger partial charge in [-0.25, -0.2) is 13.5 Å². The molecule has 9 heteroatoms. The molecule has 0 saturated heterocycles. The highest BCUT2D eigenvalue weighted by molar-refractivity contribution is 7.92. The summed E-state index contributed by atoms with van der Waals surface area (Å²) in [4.78, 5) is 12.5. The Morgan fingerprint density at radius 3 is 2.52 bits per heavy atom. The summed E-state index contributed by atoms with van der Waals surface area (Å²) in [5.41, 5.74) is 3.59. The van der Waals surface area contributed by atoms with Gasteiger partial charge in [0.1, 0.15) is 11.5 Å². The predicted octanol–water partition coefficient (Wildman–Crippen LogP) is 3.66. The van der Waals surface area contributed by atoms with E-state index in [9.17, 15) is 13.2 Å². The third-order valence-corrected chi connectivity index (χ3v) is 6.01. The second-order valence-corrected chi connectivity index (χ2v) is 10.3. The first-order chi connectivity index (χ1) is 15.6. The molecule has 0 unspecified atom stereocenters. The number of sulfonamides is 1. The van der Waals surface area contributed by atoms with Crippen molar-refractivity contribution in [2.75, 3.05) is 24.7 Å². The summed E-state index contributed by atoms with van der Waals surface area (Å²) in [6.45, 7) is 4.61. The van der Waals surface area contributed by atoms with E-state index in [4.69, 9.17) is 9.47 Å². The lowest BCUT2D eigenvalue weighted by molar-refractivity contribution is 0.290. The van der Waals surface area contributed by atoms with Crippen molar-refractivity contribution in [1.29, 1.82) is 0 Å². The van der Waals surface area contributed by atoms with Crippen molar-refractivity contribution in [2.24, 2.45) is 0 Å². The molecule has 0 bridgehead atoms. The van der Waals surface area contributed by atoms with Crippen LogP contribution in [0.25, 0.3) is 23.3 Å². The molecular formula is C24H25N3O5S. The first-order valence-electron chi connectivity index (χ1n) is 10.3. The van der Waals surface area contributed by atoms with Gasteiger partial charge in [-0.2, -0.15) is 5.10 Å². The molecule has 0 atom stereocenters. The van der Waals surface area contributed by atoms with Crippen LogP contribution in [-0.2, 0) is 15.4 Å². The Labute approximate surface area is 192 Å². The normalized spacial score (nSPS) is 14.7. The number of hydrogen-bond acceptors (Lipinski definition) is 6. The Kier molecular flexibility index (Phi) is 5.75. The van der Waals surface area contributed by atoms with Gasteiger partial charge >= 0.3 is 0 Å². The Morgan fingerprint density at radius 2 is 1.88 bits per heavy atom. The minimum absolute atomic E-state index is 0.304. The van der Waals surface area contributed by atoms with Crippen molar-refractivity contribution in [3.8, 4) is 22.6 Å². The Balaban J connectivity index is 1.81. The maximum Gasteiger partial charge on any atom is 0.272 e. The number of H-pyrrole nitrogens is 1. The number of fused-ring (bicyclic) bond motifs is 1. The summed E-state index contributed by atoms with van der Waals surface area (Å²) >= 11 is 0. The Bertz CT molecular complexity index is 1390. The standard InChI is InChI=1S/C24H25N3O5S/c1-24(2)14-32-22-19(18-11-12-25-26-23(18)28)13-16(21(31-3)20(22)24)8-5-15-6-9-17(10-7-15)27-33(4,29)30/h5-13,27H,14H2,1-4H3,(H,26,28)/b8-5+. The van der Waals surface area contributed by atoms with Gasteiger partial charge in [0, 0.05) is 34.0 Å². The van der Waals surface area contributed by atoms with Gasteiger partial charge in [-0.3, -0.25) is 9.52 Å². The van der Waals surface area contributed by atoms with Crippen molar-refractivity contribution in [1.82, 2.24) is 10.2 Å². The first kappa shape index (κ1) is 22.6. The quantitative estimate of drug-likeness (QED) is 0.536. The van der Waals surface area contributed by atoms with Crippen LogP contribution in [0.3, 0.4) is 0 Å². The zero-order chi connectivity index (χ0) is 23.8. The first-order valence-corrected chi connectivity index (χ1v) is 12.2. The summed E-state index contributed by atoms with van der Waals surface area (Å²) in [5.74, 6) is 1.33. The molecule has 1 aliphatic heterocycles. The van der Waals surface area contributed by atoms with Gasteiger partial charge in [0.2, 0.25) is 10.0 Å². The molecule has 0 amide bonds. The van der Waals surface area contributed by atoms with E-state index in [1.165, 1.54) is 6.20 Å². The number of hydrogen-bond donors (Lipinski definition) is 2. The average Bonchev–Trinajstić information content (AvgIpc) is 3.07. The molecule has 2 aromatic carbocycles. The molecule has 2 heterocycles. The van der Waals surface area contributed by atoms with Gasteiger partial charge < -0.3 is 9.47 Å². The molecule has 8 nitrogen and oxygen atoms in total. The molecule has 172 valence electrons. The van der Waals surface area contributed by atoms with Crippen molar-refractivity contribution in [3.05, 3.63) is 69.6 Å². The summed E-state index contributed by atoms with van der Waals surface area (Å²) < 4.78 is 37.1. The van der Waals surface area contributed by atoms with Crippen LogP contribution in [0.4, 0.5) is 5.69 Å². The van der Waals surface area contributed by atoms with E-state index >= 15 is 0 Å². The molecule has 1 aromatic heterocycles. The molecule has 1 aliphatic rings. The van der Waals surface area contributed by atoms with E-state index in [1.807, 2.05) is 30.4 Å². The highest BCUT2D eigenvalue weighted by Gasteiger charge is 2.38. The SMILES string of the molecule is COc1c(/C=C/c2ccc(NS(C)(=O)=O)cc2)cc(-c2ccn[nH]c2=O)c2c1C(C)(C)CO2. The number of rotatable bonds is 6. The zero-order valence-corrected chi connectivity index (χ0v) is 19.6. The van der Waals surface area contributed by atoms with Crippen LogP contribution >= 0.6 is 0 Å². The third-order valence-electron chi connectivity index (χ3n) is 5.40. The van der Waals surface area contributed by atoms with Gasteiger partial charge in [-0.15, -0.1) is 0 Å². The zero-order valence-electron chi connectivity index (χ0n) is 18.8. The second kappa shape index (κ2) is 8.40. The maximum atomic E-state index is 12.5. The molecule has 2 N–H and O–H groups in total. The molecule has 3 aromatic rings. The minimum atomic E-state index is -3.33. The number of aromatic amines is 1. The fourth-order valence-electron chi connectivity index (χ4n) is 3.92. The molecule has 4 rings (SSSR count). The van der Waals surface area contributed by atoms with E-state index in [0.29, 0.717) is 34.9 Å². The highest BCUT2D eigenvalue weighted by atomic mass is 32.2. The van der Waals surface area contributed by atoms with Crippen molar-refractivity contribution < 1.29 is 17.9 Å². The lowest BCUT2D eigenvalue weighted by atomic mass is 9.83. The summed E-state index contributed by atoms with van der Waals surface area (Å²) in [5, 5.41) is 6.27. The molecule has 0 aliphatic carbocycles. The van der Waals surface area contributed by atoms with Crippen LogP contribution in [0, 0.1) is 0 Å². The number of ether oxygens (including phenoxy) is 2. The van der Waals surface area contributed by atoms with E-state index in [2.05, 4.69) is 28.8 Å². The average molecular weight is 468 g/mol. The van der Waals surface area contributed by atoms with Crippen molar-refractivity contribution in [3.63, 3.8) is 0 Å². The fraction of sp³-hybridized carbons (Fsp3) is 0.250. The van der Waals surface area contributed by atoms with Crippen LogP contribution < -0.4 is 19.8 Å². The van der Waals surface area contributed by atoms with Gasteiger partial charge in [-0.05, 0) is 29.8 Å². The van der Waals surface area contributed by atoms with E-state index < -0.39 is 10.0 Å². The lowest BCUT2D eigenvalue weighted by Crippen LogP contribution is -2.19. The predicted molar refractivity (Wildman–Crippen MR) is 129 cm³/mol. The molecule has 33 heavy (non-hydrogen) atoms. The minimum Gasteiger partial charge on any atom is -0.496 e. The lowest BCUT2D eigenvalue weighted by Gasteiger charge is -2.21. The summed E-state index contributed by atoms with van der Waals surface area (Å²) in [6.07, 6.45) is 6.45. The van der Waals surface area contributed by atoms with Crippen LogP contribution in [0.5, 0.6) is 11.5 Å². The van der Waals surface area contributed by atoms with Gasteiger partial charge in [0.05, 0.1) is 25.5 Å². The fourth-order valence-corrected chi connectivity index (χ4v) is 4.48. The Morgan fingerprint density at radius 1 is 1.15 bits per heavy atom. The number of benzene rings is 2. The Hall–Kier alpha value is -3.59. The molecule has 0 radical (unpaired) electrons. The van der Waals surface area contributed by atoms with Crippen LogP contribution in [0.2, 0.25) is 0 Å². The van der Waals surface area contributed by atoms with Crippen molar-refractivity contribution in [2.45, 2.75) is 19.3 Å². The van der Waals surface area contributed by atoms with E-state index in [1.54, 1.807) is 25.3 Å². The monoisotopic (exact) mass is 467 g/mol. The van der Waals surface area contributed by atoms with Crippen LogP contribution in [-0.4, -0.2) is 38.6 Å². The van der Waals surface area contributed by atoms with Crippen LogP contribution in [0.1, 0.15) is 30.5 Å². The van der Waals surface area contributed by atoms with Gasteiger partial charge in [0.15, 0.2) is 0 Å². The summed E-state index contributed by atoms with van der Waals surface area (Å²) in [7, 11) is -1.72. The number of nitrogens with one attached hydrogen (secondary N) is 2. The maximum absolute atomic E-state index is 12.5. The number of anilines is 1. The molecular weight excluding hydrogens is 442 g/mol. The summed E-state index contributed by atoms with van der Waals surface area (Å²) in [6, 6.07) is 10.5. The topological polar surface area (TPSA) is 110 Å². The molecule has 0 spiro atoms. The van der Waals surface area contributed by atoms with Gasteiger partial charge in [-0.1, -0.05) is 38.1 Å². The number of methoxy groups -OCH3 is 1. The third kappa shape index (κ3) is 4.63. The largest absolute Gasteiger partial charge is 0.496 e. The van der Waals surface area contributed by atoms with E-state index in [0.717, 1.165) is 22.9 Å². The molecule has 0 fully saturated rings. The smallest absolute Gasteiger partial charge is 0.272 e. The number of nitrogens with zero attached hydrogens (tertiary/aromatic N) is 1. The second-order valence-electron chi connectivity index (χ2n) is 8.55. The van der Waals surface area contributed by atoms with Gasteiger partial charge in [0.25, 0.3) is 5.56 Å².